The van der Waals surface area contributed by atoms with Gasteiger partial charge in [-0.25, -0.2) is 0 Å². The summed E-state index contributed by atoms with van der Waals surface area (Å²) in [5.74, 6) is 0. The molecule has 0 saturated carbocycles. The predicted octanol–water partition coefficient (Wildman–Crippen LogP) is 14.4. The van der Waals surface area contributed by atoms with E-state index in [1.165, 1.54) is 60.4 Å². The lowest BCUT2D eigenvalue weighted by atomic mass is 9.93. The molecule has 0 aliphatic rings. The molecule has 1 heterocycles. The minimum Gasteiger partial charge on any atom is -0.309 e. The number of hydrogen-bond acceptors (Lipinski definition) is 1. The summed E-state index contributed by atoms with van der Waals surface area (Å²) in [6, 6.07) is 78.9. The van der Waals surface area contributed by atoms with Crippen molar-refractivity contribution in [2.45, 2.75) is 0 Å². The van der Waals surface area contributed by atoms with Crippen LogP contribution >= 0.6 is 0 Å². The Hall–Kier alpha value is -7.16. The molecule has 0 amide bonds. The number of nitrogens with zero attached hydrogens (tertiary/aromatic N) is 2. The van der Waals surface area contributed by atoms with Crippen LogP contribution in [-0.2, 0) is 0 Å². The highest BCUT2D eigenvalue weighted by molar-refractivity contribution is 6.17. The fraction of sp³-hybridized carbons (Fsp3) is 0. The van der Waals surface area contributed by atoms with E-state index >= 15 is 0 Å². The Morgan fingerprint density at radius 3 is 1.70 bits per heavy atom. The topological polar surface area (TPSA) is 8.17 Å². The molecule has 0 aliphatic carbocycles. The maximum atomic E-state index is 2.46. The first-order valence-corrected chi connectivity index (χ1v) is 18.5. The van der Waals surface area contributed by atoms with Crippen molar-refractivity contribution in [2.75, 3.05) is 4.90 Å². The zero-order chi connectivity index (χ0) is 35.8. The molecule has 0 N–H and O–H groups in total. The second kappa shape index (κ2) is 13.4. The van der Waals surface area contributed by atoms with Crippen molar-refractivity contribution in [3.63, 3.8) is 0 Å². The third-order valence-electron chi connectivity index (χ3n) is 10.6. The fourth-order valence-electron chi connectivity index (χ4n) is 8.19. The molecule has 54 heavy (non-hydrogen) atoms. The SMILES string of the molecule is c1ccc(-c2cc(-c3cccc4ccccc34)ccc2N(c2ccccc2)c2cccc3c2c2ccccc2n3-c2ccccc2-c2ccccc2)cc1. The van der Waals surface area contributed by atoms with E-state index in [9.17, 15) is 0 Å². The Bertz CT molecular complexity index is 2920. The highest BCUT2D eigenvalue weighted by Crippen LogP contribution is 2.48. The predicted molar refractivity (Wildman–Crippen MR) is 229 cm³/mol. The van der Waals surface area contributed by atoms with E-state index in [-0.39, 0.29) is 0 Å². The van der Waals surface area contributed by atoms with Crippen molar-refractivity contribution < 1.29 is 0 Å². The first kappa shape index (κ1) is 31.6. The molecule has 0 spiro atoms. The average Bonchev–Trinajstić information content (AvgIpc) is 3.59. The lowest BCUT2D eigenvalue weighted by molar-refractivity contribution is 1.18. The standard InChI is InChI=1S/C52H36N2/c1-4-18-38(19-5-1)44-27-12-14-30-47(44)54-48-31-15-13-28-45(48)52-50(32-17-33-51(52)54)53(41-24-8-3-9-25-41)49-35-34-40(36-46(49)39-20-6-2-7-21-39)43-29-16-23-37-22-10-11-26-42(37)43/h1-36H. The van der Waals surface area contributed by atoms with E-state index in [4.69, 9.17) is 0 Å². The number of rotatable bonds is 7. The van der Waals surface area contributed by atoms with Gasteiger partial charge in [0.05, 0.1) is 28.1 Å². The van der Waals surface area contributed by atoms with Gasteiger partial charge in [0, 0.05) is 27.6 Å². The minimum absolute atomic E-state index is 1.10. The van der Waals surface area contributed by atoms with E-state index in [2.05, 4.69) is 228 Å². The van der Waals surface area contributed by atoms with E-state index in [1.54, 1.807) is 0 Å². The van der Waals surface area contributed by atoms with Crippen LogP contribution in [0.15, 0.2) is 218 Å². The Balaban J connectivity index is 1.26. The monoisotopic (exact) mass is 688 g/mol. The van der Waals surface area contributed by atoms with E-state index < -0.39 is 0 Å². The van der Waals surface area contributed by atoms with Crippen molar-refractivity contribution in [1.29, 1.82) is 0 Å². The van der Waals surface area contributed by atoms with Crippen LogP contribution in [0.25, 0.3) is 71.6 Å². The zero-order valence-electron chi connectivity index (χ0n) is 29.7. The molecule has 0 radical (unpaired) electrons. The molecule has 0 aliphatic heterocycles. The zero-order valence-corrected chi connectivity index (χ0v) is 29.7. The normalized spacial score (nSPS) is 11.3. The highest BCUT2D eigenvalue weighted by atomic mass is 15.2. The maximum absolute atomic E-state index is 2.46. The van der Waals surface area contributed by atoms with Crippen LogP contribution in [0, 0.1) is 0 Å². The molecule has 9 aromatic carbocycles. The molecule has 254 valence electrons. The third kappa shape index (κ3) is 5.36. The van der Waals surface area contributed by atoms with Gasteiger partial charge in [-0.2, -0.15) is 0 Å². The summed E-state index contributed by atoms with van der Waals surface area (Å²) >= 11 is 0. The quantitative estimate of drug-likeness (QED) is 0.162. The minimum atomic E-state index is 1.10. The second-order valence-corrected chi connectivity index (χ2v) is 13.7. The highest BCUT2D eigenvalue weighted by Gasteiger charge is 2.24. The molecular weight excluding hydrogens is 653 g/mol. The van der Waals surface area contributed by atoms with Crippen molar-refractivity contribution >= 4 is 49.6 Å². The van der Waals surface area contributed by atoms with Gasteiger partial charge in [0.1, 0.15) is 0 Å². The van der Waals surface area contributed by atoms with Gasteiger partial charge in [-0.05, 0) is 81.6 Å². The van der Waals surface area contributed by atoms with Crippen LogP contribution in [0.2, 0.25) is 0 Å². The molecule has 10 aromatic rings. The number of anilines is 3. The molecule has 2 nitrogen and oxygen atoms in total. The Morgan fingerprint density at radius 1 is 0.333 bits per heavy atom. The lowest BCUT2D eigenvalue weighted by Crippen LogP contribution is -2.12. The molecule has 2 heteroatoms. The van der Waals surface area contributed by atoms with Crippen LogP contribution in [0.1, 0.15) is 0 Å². The summed E-state index contributed by atoms with van der Waals surface area (Å²) < 4.78 is 2.45. The van der Waals surface area contributed by atoms with Crippen LogP contribution in [-0.4, -0.2) is 4.57 Å². The third-order valence-corrected chi connectivity index (χ3v) is 10.6. The Morgan fingerprint density at radius 2 is 0.907 bits per heavy atom. The summed E-state index contributed by atoms with van der Waals surface area (Å²) in [6.45, 7) is 0. The van der Waals surface area contributed by atoms with Crippen molar-refractivity contribution in [2.24, 2.45) is 0 Å². The number of para-hydroxylation sites is 3. The van der Waals surface area contributed by atoms with Crippen molar-refractivity contribution in [3.8, 4) is 39.1 Å². The molecule has 1 aromatic heterocycles. The smallest absolute Gasteiger partial charge is 0.0562 e. The van der Waals surface area contributed by atoms with Crippen LogP contribution in [0.3, 0.4) is 0 Å². The van der Waals surface area contributed by atoms with Gasteiger partial charge >= 0.3 is 0 Å². The molecule has 0 atom stereocenters. The number of aromatic nitrogens is 1. The molecular formula is C52H36N2. The van der Waals surface area contributed by atoms with Gasteiger partial charge in [0.25, 0.3) is 0 Å². The van der Waals surface area contributed by atoms with E-state index in [1.807, 2.05) is 0 Å². The number of hydrogen-bond donors (Lipinski definition) is 0. The second-order valence-electron chi connectivity index (χ2n) is 13.7. The lowest BCUT2D eigenvalue weighted by Gasteiger charge is -2.29. The van der Waals surface area contributed by atoms with Gasteiger partial charge in [-0.3, -0.25) is 0 Å². The summed E-state index contributed by atoms with van der Waals surface area (Å²) in [7, 11) is 0. The number of benzene rings is 9. The van der Waals surface area contributed by atoms with Crippen molar-refractivity contribution in [1.82, 2.24) is 4.57 Å². The fourth-order valence-corrected chi connectivity index (χ4v) is 8.19. The summed E-state index contributed by atoms with van der Waals surface area (Å²) in [6.07, 6.45) is 0. The summed E-state index contributed by atoms with van der Waals surface area (Å²) in [5, 5.41) is 4.90. The van der Waals surface area contributed by atoms with Gasteiger partial charge in [0.2, 0.25) is 0 Å². The van der Waals surface area contributed by atoms with Gasteiger partial charge in [0.15, 0.2) is 0 Å². The van der Waals surface area contributed by atoms with Crippen molar-refractivity contribution in [3.05, 3.63) is 218 Å². The molecule has 10 rings (SSSR count). The Kier molecular flexibility index (Phi) is 7.85. The van der Waals surface area contributed by atoms with Crippen LogP contribution in [0.5, 0.6) is 0 Å². The first-order chi connectivity index (χ1) is 26.8. The summed E-state index contributed by atoms with van der Waals surface area (Å²) in [4.78, 5) is 2.46. The molecule has 0 saturated heterocycles. The van der Waals surface area contributed by atoms with Gasteiger partial charge in [-0.15, -0.1) is 0 Å². The van der Waals surface area contributed by atoms with Gasteiger partial charge < -0.3 is 9.47 Å². The summed E-state index contributed by atoms with van der Waals surface area (Å²) in [5.41, 5.74) is 14.0. The maximum Gasteiger partial charge on any atom is 0.0562 e. The molecule has 0 bridgehead atoms. The van der Waals surface area contributed by atoms with Crippen LogP contribution < -0.4 is 4.90 Å². The molecule has 0 fully saturated rings. The average molecular weight is 689 g/mol. The van der Waals surface area contributed by atoms with Crippen LogP contribution in [0.4, 0.5) is 17.1 Å². The first-order valence-electron chi connectivity index (χ1n) is 18.5. The van der Waals surface area contributed by atoms with Gasteiger partial charge in [-0.1, -0.05) is 170 Å². The Labute approximate surface area is 315 Å². The number of fused-ring (bicyclic) bond motifs is 4. The molecule has 0 unspecified atom stereocenters. The van der Waals surface area contributed by atoms with E-state index in [0.717, 1.165) is 28.3 Å². The van der Waals surface area contributed by atoms with E-state index in [0.29, 0.717) is 0 Å². The largest absolute Gasteiger partial charge is 0.309 e.